The number of rotatable bonds is 9. The summed E-state index contributed by atoms with van der Waals surface area (Å²) in [6.45, 7) is 3.92. The highest BCUT2D eigenvalue weighted by molar-refractivity contribution is 7.14. The molecule has 8 nitrogen and oxygen atoms in total. The summed E-state index contributed by atoms with van der Waals surface area (Å²) in [7, 11) is 3.04. The normalized spacial score (nSPS) is 13.9. The van der Waals surface area contributed by atoms with Gasteiger partial charge in [0.1, 0.15) is 17.2 Å². The lowest BCUT2D eigenvalue weighted by atomic mass is 10.2. The minimum absolute atomic E-state index is 0.230. The Balaban J connectivity index is 1.51. The lowest BCUT2D eigenvalue weighted by molar-refractivity contribution is 0.0946. The Labute approximate surface area is 174 Å². The molecule has 2 amide bonds. The fourth-order valence-electron chi connectivity index (χ4n) is 3.14. The number of hydrogen-bond acceptors (Lipinski definition) is 7. The minimum atomic E-state index is -0.353. The maximum atomic E-state index is 12.5. The summed E-state index contributed by atoms with van der Waals surface area (Å²) >= 11 is 1.21. The fraction of sp³-hybridized carbons (Fsp3) is 0.450. The molecule has 2 aromatic rings. The lowest BCUT2D eigenvalue weighted by Gasteiger charge is -2.13. The van der Waals surface area contributed by atoms with Crippen LogP contribution in [0.3, 0.4) is 0 Å². The molecule has 1 saturated heterocycles. The zero-order valence-electron chi connectivity index (χ0n) is 16.7. The number of benzene rings is 1. The number of likely N-dealkylation sites (tertiary alicyclic amines) is 1. The van der Waals surface area contributed by atoms with Crippen LogP contribution in [0.4, 0.5) is 5.13 Å². The van der Waals surface area contributed by atoms with Crippen molar-refractivity contribution in [2.75, 3.05) is 45.7 Å². The molecular formula is C20H26N4O4S. The van der Waals surface area contributed by atoms with Gasteiger partial charge >= 0.3 is 0 Å². The molecule has 29 heavy (non-hydrogen) atoms. The molecule has 1 aliphatic heterocycles. The molecule has 9 heteroatoms. The highest BCUT2D eigenvalue weighted by Gasteiger charge is 2.15. The van der Waals surface area contributed by atoms with Crippen LogP contribution in [0, 0.1) is 0 Å². The topological polar surface area (TPSA) is 92.8 Å². The molecule has 3 rings (SSSR count). The molecule has 0 bridgehead atoms. The van der Waals surface area contributed by atoms with Gasteiger partial charge in [0.15, 0.2) is 5.13 Å². The molecule has 0 saturated carbocycles. The number of carbonyl (C=O) groups excluding carboxylic acids is 2. The molecule has 2 heterocycles. The number of methoxy groups -OCH3 is 2. The second-order valence-electron chi connectivity index (χ2n) is 6.75. The first-order valence-corrected chi connectivity index (χ1v) is 10.5. The monoisotopic (exact) mass is 418 g/mol. The van der Waals surface area contributed by atoms with Gasteiger partial charge in [0.05, 0.1) is 14.2 Å². The van der Waals surface area contributed by atoms with Gasteiger partial charge in [-0.25, -0.2) is 4.98 Å². The van der Waals surface area contributed by atoms with Crippen LogP contribution >= 0.6 is 11.3 Å². The standard InChI is InChI=1S/C20H26N4O4S/c1-27-15-10-14(11-16(12-15)28-2)18(25)23-20-22-17(13-29-20)19(26)21-6-5-9-24-7-3-4-8-24/h10-13H,3-9H2,1-2H3,(H,21,26)(H,22,23,25). The fourth-order valence-corrected chi connectivity index (χ4v) is 3.83. The molecule has 0 atom stereocenters. The Kier molecular flexibility index (Phi) is 7.42. The van der Waals surface area contributed by atoms with Crippen molar-refractivity contribution in [3.8, 4) is 11.5 Å². The van der Waals surface area contributed by atoms with Crippen molar-refractivity contribution in [2.45, 2.75) is 19.3 Å². The van der Waals surface area contributed by atoms with E-state index in [0.717, 1.165) is 26.1 Å². The van der Waals surface area contributed by atoms with Crippen LogP contribution < -0.4 is 20.1 Å². The minimum Gasteiger partial charge on any atom is -0.497 e. The molecule has 2 N–H and O–H groups in total. The van der Waals surface area contributed by atoms with E-state index in [0.29, 0.717) is 34.4 Å². The summed E-state index contributed by atoms with van der Waals surface area (Å²) in [6.07, 6.45) is 3.45. The Morgan fingerprint density at radius 3 is 2.45 bits per heavy atom. The van der Waals surface area contributed by atoms with Crippen LogP contribution in [-0.4, -0.2) is 62.1 Å². The van der Waals surface area contributed by atoms with Gasteiger partial charge in [-0.1, -0.05) is 0 Å². The lowest BCUT2D eigenvalue weighted by Crippen LogP contribution is -2.28. The van der Waals surface area contributed by atoms with E-state index in [9.17, 15) is 9.59 Å². The van der Waals surface area contributed by atoms with Gasteiger partial charge in [0, 0.05) is 23.6 Å². The number of nitrogens with zero attached hydrogens (tertiary/aromatic N) is 2. The van der Waals surface area contributed by atoms with Crippen molar-refractivity contribution in [3.05, 3.63) is 34.8 Å². The van der Waals surface area contributed by atoms with Gasteiger partial charge in [-0.05, 0) is 51.0 Å². The van der Waals surface area contributed by atoms with Crippen molar-refractivity contribution >= 4 is 28.3 Å². The predicted molar refractivity (Wildman–Crippen MR) is 112 cm³/mol. The van der Waals surface area contributed by atoms with E-state index in [1.807, 2.05) is 0 Å². The number of anilines is 1. The molecule has 1 aromatic heterocycles. The van der Waals surface area contributed by atoms with Crippen molar-refractivity contribution in [1.29, 1.82) is 0 Å². The molecule has 1 fully saturated rings. The summed E-state index contributed by atoms with van der Waals surface area (Å²) in [5, 5.41) is 7.59. The molecule has 0 unspecified atom stereocenters. The highest BCUT2D eigenvalue weighted by Crippen LogP contribution is 2.24. The summed E-state index contributed by atoms with van der Waals surface area (Å²) in [6, 6.07) is 4.91. The van der Waals surface area contributed by atoms with E-state index in [1.54, 1.807) is 23.6 Å². The van der Waals surface area contributed by atoms with Gasteiger partial charge in [-0.3, -0.25) is 14.9 Å². The molecule has 1 aliphatic rings. The first kappa shape index (κ1) is 21.1. The average molecular weight is 419 g/mol. The Bertz CT molecular complexity index is 827. The SMILES string of the molecule is COc1cc(OC)cc(C(=O)Nc2nc(C(=O)NCCCN3CCCC3)cs2)c1. The van der Waals surface area contributed by atoms with Crippen LogP contribution in [0.2, 0.25) is 0 Å². The molecule has 0 spiro atoms. The first-order chi connectivity index (χ1) is 14.1. The number of thiazole rings is 1. The largest absolute Gasteiger partial charge is 0.497 e. The summed E-state index contributed by atoms with van der Waals surface area (Å²) in [5.74, 6) is 0.450. The summed E-state index contributed by atoms with van der Waals surface area (Å²) < 4.78 is 10.4. The quantitative estimate of drug-likeness (QED) is 0.608. The van der Waals surface area contributed by atoms with E-state index < -0.39 is 0 Å². The molecule has 0 aliphatic carbocycles. The van der Waals surface area contributed by atoms with E-state index in [2.05, 4.69) is 20.5 Å². The number of nitrogens with one attached hydrogen (secondary N) is 2. The maximum absolute atomic E-state index is 12.5. The third kappa shape index (κ3) is 5.91. The molecular weight excluding hydrogens is 392 g/mol. The van der Waals surface area contributed by atoms with E-state index in [1.165, 1.54) is 38.4 Å². The summed E-state index contributed by atoms with van der Waals surface area (Å²) in [5.41, 5.74) is 0.680. The van der Waals surface area contributed by atoms with Crippen LogP contribution in [0.15, 0.2) is 23.6 Å². The van der Waals surface area contributed by atoms with Crippen LogP contribution in [0.5, 0.6) is 11.5 Å². The van der Waals surface area contributed by atoms with Gasteiger partial charge in [0.2, 0.25) is 0 Å². The van der Waals surface area contributed by atoms with Gasteiger partial charge in [-0.2, -0.15) is 0 Å². The van der Waals surface area contributed by atoms with Crippen molar-refractivity contribution in [1.82, 2.24) is 15.2 Å². The van der Waals surface area contributed by atoms with E-state index in [-0.39, 0.29) is 11.8 Å². The third-order valence-corrected chi connectivity index (χ3v) is 5.46. The van der Waals surface area contributed by atoms with Crippen molar-refractivity contribution in [2.24, 2.45) is 0 Å². The van der Waals surface area contributed by atoms with Crippen LogP contribution in [0.1, 0.15) is 40.1 Å². The Hall–Kier alpha value is -2.65. The average Bonchev–Trinajstić information content (AvgIpc) is 3.42. The van der Waals surface area contributed by atoms with Crippen LogP contribution in [-0.2, 0) is 0 Å². The predicted octanol–water partition coefficient (Wildman–Crippen LogP) is 2.63. The highest BCUT2D eigenvalue weighted by atomic mass is 32.1. The Morgan fingerprint density at radius 1 is 1.10 bits per heavy atom. The third-order valence-electron chi connectivity index (χ3n) is 4.71. The number of amides is 2. The second kappa shape index (κ2) is 10.2. The maximum Gasteiger partial charge on any atom is 0.270 e. The van der Waals surface area contributed by atoms with Crippen molar-refractivity contribution < 1.29 is 19.1 Å². The van der Waals surface area contributed by atoms with Gasteiger partial charge in [0.25, 0.3) is 11.8 Å². The zero-order chi connectivity index (χ0) is 20.6. The Morgan fingerprint density at radius 2 is 1.79 bits per heavy atom. The van der Waals surface area contributed by atoms with Crippen molar-refractivity contribution in [3.63, 3.8) is 0 Å². The zero-order valence-corrected chi connectivity index (χ0v) is 17.5. The first-order valence-electron chi connectivity index (χ1n) is 9.59. The molecule has 1 aromatic carbocycles. The van der Waals surface area contributed by atoms with Crippen LogP contribution in [0.25, 0.3) is 0 Å². The van der Waals surface area contributed by atoms with Gasteiger partial charge < -0.3 is 19.7 Å². The van der Waals surface area contributed by atoms with E-state index >= 15 is 0 Å². The smallest absolute Gasteiger partial charge is 0.270 e. The molecule has 0 radical (unpaired) electrons. The number of hydrogen-bond donors (Lipinski definition) is 2. The second-order valence-corrected chi connectivity index (χ2v) is 7.61. The number of aromatic nitrogens is 1. The van der Waals surface area contributed by atoms with Gasteiger partial charge in [-0.15, -0.1) is 11.3 Å². The number of carbonyl (C=O) groups is 2. The number of ether oxygens (including phenoxy) is 2. The molecule has 156 valence electrons. The summed E-state index contributed by atoms with van der Waals surface area (Å²) in [4.78, 5) is 31.4. The van der Waals surface area contributed by atoms with E-state index in [4.69, 9.17) is 9.47 Å².